The fourth-order valence-corrected chi connectivity index (χ4v) is 4.95. The van der Waals surface area contributed by atoms with E-state index in [9.17, 15) is 26.7 Å². The molecule has 2 heterocycles. The van der Waals surface area contributed by atoms with Crippen molar-refractivity contribution in [2.45, 2.75) is 63.0 Å². The minimum atomic E-state index is -4.86. The molecule has 0 unspecified atom stereocenters. The van der Waals surface area contributed by atoms with Crippen LogP contribution in [0.25, 0.3) is 0 Å². The van der Waals surface area contributed by atoms with E-state index >= 15 is 0 Å². The van der Waals surface area contributed by atoms with Gasteiger partial charge >= 0.3 is 6.36 Å². The number of alkyl halides is 3. The predicted octanol–water partition coefficient (Wildman–Crippen LogP) is 6.51. The van der Waals surface area contributed by atoms with Gasteiger partial charge in [-0.05, 0) is 86.7 Å². The minimum absolute atomic E-state index is 0.180. The molecule has 2 atom stereocenters. The minimum Gasteiger partial charge on any atom is -0.406 e. The van der Waals surface area contributed by atoms with E-state index in [1.165, 1.54) is 17.0 Å². The largest absolute Gasteiger partial charge is 0.573 e. The van der Waals surface area contributed by atoms with Crippen LogP contribution in [0.3, 0.4) is 0 Å². The van der Waals surface area contributed by atoms with Crippen LogP contribution < -0.4 is 15.0 Å². The lowest BCUT2D eigenvalue weighted by atomic mass is 9.93. The van der Waals surface area contributed by atoms with Gasteiger partial charge < -0.3 is 9.64 Å². The quantitative estimate of drug-likeness (QED) is 0.354. The van der Waals surface area contributed by atoms with Crippen LogP contribution >= 0.6 is 0 Å². The van der Waals surface area contributed by atoms with E-state index < -0.39 is 41.4 Å². The first kappa shape index (κ1) is 26.1. The van der Waals surface area contributed by atoms with Gasteiger partial charge in [0, 0.05) is 35.1 Å². The van der Waals surface area contributed by atoms with Crippen molar-refractivity contribution in [1.29, 1.82) is 0 Å². The van der Waals surface area contributed by atoms with Crippen molar-refractivity contribution in [2.24, 2.45) is 0 Å². The maximum absolute atomic E-state index is 14.1. The number of aromatic nitrogens is 1. The number of benzene rings is 2. The van der Waals surface area contributed by atoms with Crippen molar-refractivity contribution >= 4 is 11.6 Å². The number of carbonyl (C=O) groups is 1. The Balaban J connectivity index is 1.44. The van der Waals surface area contributed by atoms with E-state index in [2.05, 4.69) is 15.0 Å². The van der Waals surface area contributed by atoms with E-state index in [-0.39, 0.29) is 23.6 Å². The van der Waals surface area contributed by atoms with Gasteiger partial charge in [-0.15, -0.1) is 13.2 Å². The third-order valence-corrected chi connectivity index (χ3v) is 6.96. The number of ether oxygens (including phenoxy) is 1. The van der Waals surface area contributed by atoms with Crippen LogP contribution in [0.2, 0.25) is 0 Å². The Morgan fingerprint density at radius 1 is 0.974 bits per heavy atom. The molecule has 2 aliphatic rings. The zero-order valence-corrected chi connectivity index (χ0v) is 20.7. The van der Waals surface area contributed by atoms with Crippen LogP contribution in [0.15, 0.2) is 60.8 Å². The number of carbonyl (C=O) groups excluding carboxylic acids is 1. The van der Waals surface area contributed by atoms with Crippen molar-refractivity contribution in [1.82, 2.24) is 10.3 Å². The van der Waals surface area contributed by atoms with Gasteiger partial charge in [-0.1, -0.05) is 6.07 Å². The molecule has 0 spiro atoms. The summed E-state index contributed by atoms with van der Waals surface area (Å²) in [5.41, 5.74) is 1.75. The van der Waals surface area contributed by atoms with E-state index in [4.69, 9.17) is 0 Å². The first-order valence-corrected chi connectivity index (χ1v) is 12.3. The molecule has 0 radical (unpaired) electrons. The Morgan fingerprint density at radius 3 is 2.18 bits per heavy atom. The first-order chi connectivity index (χ1) is 17.9. The lowest BCUT2D eigenvalue weighted by Crippen LogP contribution is -2.47. The van der Waals surface area contributed by atoms with Gasteiger partial charge in [0.15, 0.2) is 0 Å². The molecular formula is C28H26F5N3O2. The summed E-state index contributed by atoms with van der Waals surface area (Å²) in [5, 5.41) is 3.36. The van der Waals surface area contributed by atoms with Crippen LogP contribution in [0.5, 0.6) is 5.75 Å². The highest BCUT2D eigenvalue weighted by Crippen LogP contribution is 2.41. The van der Waals surface area contributed by atoms with Crippen molar-refractivity contribution in [3.05, 3.63) is 89.2 Å². The van der Waals surface area contributed by atoms with Gasteiger partial charge in [0.25, 0.3) is 0 Å². The van der Waals surface area contributed by atoms with Gasteiger partial charge in [0.1, 0.15) is 17.4 Å². The third kappa shape index (κ3) is 5.65. The SMILES string of the molecule is CC(C)(N[C@@H]1C[C@H](c2cc(F)cc(F)c2)N(c2ccc(OC(F)(F)F)cc2)C1=O)c1ccc(C2CC2)nc1. The number of rotatable bonds is 7. The van der Waals surface area contributed by atoms with Crippen molar-refractivity contribution < 1.29 is 31.5 Å². The van der Waals surface area contributed by atoms with Gasteiger partial charge in [0.05, 0.1) is 12.1 Å². The summed E-state index contributed by atoms with van der Waals surface area (Å²) < 4.78 is 70.0. The molecule has 1 saturated heterocycles. The summed E-state index contributed by atoms with van der Waals surface area (Å²) in [6.45, 7) is 3.83. The molecule has 1 N–H and O–H groups in total. The van der Waals surface area contributed by atoms with E-state index in [1.54, 1.807) is 6.20 Å². The predicted molar refractivity (Wildman–Crippen MR) is 130 cm³/mol. The molecule has 1 aliphatic heterocycles. The molecule has 2 fully saturated rings. The number of nitrogens with one attached hydrogen (secondary N) is 1. The van der Waals surface area contributed by atoms with Crippen LogP contribution in [-0.2, 0) is 10.3 Å². The zero-order valence-electron chi connectivity index (χ0n) is 20.7. The monoisotopic (exact) mass is 531 g/mol. The summed E-state index contributed by atoms with van der Waals surface area (Å²) in [5.74, 6) is -1.90. The molecule has 1 amide bonds. The Bertz CT molecular complexity index is 1300. The molecule has 5 nitrogen and oxygen atoms in total. The fraction of sp³-hybridized carbons (Fsp3) is 0.357. The average molecular weight is 532 g/mol. The second kappa shape index (κ2) is 9.65. The van der Waals surface area contributed by atoms with Crippen molar-refractivity contribution in [2.75, 3.05) is 4.90 Å². The molecule has 10 heteroatoms. The van der Waals surface area contributed by atoms with Crippen LogP contribution in [0.1, 0.15) is 61.9 Å². The van der Waals surface area contributed by atoms with E-state index in [0.29, 0.717) is 5.92 Å². The molecular weight excluding hydrogens is 505 g/mol. The van der Waals surface area contributed by atoms with E-state index in [0.717, 1.165) is 54.4 Å². The van der Waals surface area contributed by atoms with Crippen LogP contribution in [0.4, 0.5) is 27.6 Å². The molecule has 5 rings (SSSR count). The Morgan fingerprint density at radius 2 is 1.63 bits per heavy atom. The third-order valence-electron chi connectivity index (χ3n) is 6.96. The normalized spacial score (nSPS) is 20.2. The molecule has 1 aliphatic carbocycles. The molecule has 0 bridgehead atoms. The van der Waals surface area contributed by atoms with Gasteiger partial charge in [-0.25, -0.2) is 8.78 Å². The van der Waals surface area contributed by atoms with Crippen LogP contribution in [-0.4, -0.2) is 23.3 Å². The maximum atomic E-state index is 14.1. The summed E-state index contributed by atoms with van der Waals surface area (Å²) >= 11 is 0. The number of hydrogen-bond donors (Lipinski definition) is 1. The van der Waals surface area contributed by atoms with Crippen LogP contribution in [0, 0.1) is 11.6 Å². The topological polar surface area (TPSA) is 54.5 Å². The average Bonchev–Trinajstić information content (AvgIpc) is 3.63. The maximum Gasteiger partial charge on any atom is 0.573 e. The summed E-state index contributed by atoms with van der Waals surface area (Å²) in [6.07, 6.45) is -0.632. The molecule has 3 aromatic rings. The standard InChI is InChI=1S/C28H26F5N3O2/c1-27(2,18-5-10-23(34-15-18)16-3-4-16)35-24-14-25(17-11-19(29)13-20(30)12-17)36(26(24)37)21-6-8-22(9-7-21)38-28(31,32)33/h5-13,15-16,24-25,35H,3-4,14H2,1-2H3/t24-,25-/m1/s1. The number of nitrogens with zero attached hydrogens (tertiary/aromatic N) is 2. The van der Waals surface area contributed by atoms with Crippen molar-refractivity contribution in [3.63, 3.8) is 0 Å². The second-order valence-corrected chi connectivity index (χ2v) is 10.3. The lowest BCUT2D eigenvalue weighted by molar-refractivity contribution is -0.274. The smallest absolute Gasteiger partial charge is 0.406 e. The highest BCUT2D eigenvalue weighted by atomic mass is 19.4. The first-order valence-electron chi connectivity index (χ1n) is 12.3. The summed E-state index contributed by atoms with van der Waals surface area (Å²) in [7, 11) is 0. The highest BCUT2D eigenvalue weighted by Gasteiger charge is 2.44. The number of hydrogen-bond acceptors (Lipinski definition) is 4. The Labute approximate surface area is 216 Å². The Kier molecular flexibility index (Phi) is 6.63. The van der Waals surface area contributed by atoms with Gasteiger partial charge in [-0.3, -0.25) is 15.1 Å². The Hall–Kier alpha value is -3.53. The second-order valence-electron chi connectivity index (χ2n) is 10.3. The van der Waals surface area contributed by atoms with Crippen molar-refractivity contribution in [3.8, 4) is 5.75 Å². The molecule has 1 aromatic heterocycles. The van der Waals surface area contributed by atoms with E-state index in [1.807, 2.05) is 26.0 Å². The zero-order chi connectivity index (χ0) is 27.2. The van der Waals surface area contributed by atoms with Gasteiger partial charge in [0.2, 0.25) is 5.91 Å². The summed E-state index contributed by atoms with van der Waals surface area (Å²) in [4.78, 5) is 19.6. The number of halogens is 5. The highest BCUT2D eigenvalue weighted by molar-refractivity contribution is 6.00. The summed E-state index contributed by atoms with van der Waals surface area (Å²) in [6, 6.07) is 10.3. The number of anilines is 1. The molecule has 2 aromatic carbocycles. The molecule has 200 valence electrons. The molecule has 1 saturated carbocycles. The molecule has 38 heavy (non-hydrogen) atoms. The fourth-order valence-electron chi connectivity index (χ4n) is 4.95. The number of pyridine rings is 1. The lowest BCUT2D eigenvalue weighted by Gasteiger charge is -2.30. The van der Waals surface area contributed by atoms with Gasteiger partial charge in [-0.2, -0.15) is 0 Å². The number of amides is 1.